The van der Waals surface area contributed by atoms with Gasteiger partial charge in [0.05, 0.1) is 0 Å². The Hall–Kier alpha value is -2.40. The van der Waals surface area contributed by atoms with E-state index in [2.05, 4.69) is 34.3 Å². The van der Waals surface area contributed by atoms with E-state index in [0.717, 1.165) is 49.5 Å². The summed E-state index contributed by atoms with van der Waals surface area (Å²) in [5, 5.41) is 3.10. The molecule has 5 nitrogen and oxygen atoms in total. The number of carbonyl (C=O) groups is 1. The number of anilines is 1. The molecule has 1 saturated heterocycles. The lowest BCUT2D eigenvalue weighted by molar-refractivity contribution is 0.143. The van der Waals surface area contributed by atoms with Gasteiger partial charge in [0, 0.05) is 50.8 Å². The number of nitrogens with one attached hydrogen (secondary N) is 1. The molecule has 2 amide bonds. The molecule has 5 heteroatoms. The highest BCUT2D eigenvalue weighted by atomic mass is 16.2. The van der Waals surface area contributed by atoms with Crippen LogP contribution in [-0.4, -0.2) is 47.0 Å². The number of piperazine rings is 1. The third-order valence-corrected chi connectivity index (χ3v) is 4.72. The van der Waals surface area contributed by atoms with E-state index in [1.54, 1.807) is 0 Å². The Balaban J connectivity index is 1.55. The van der Waals surface area contributed by atoms with Crippen molar-refractivity contribution in [1.82, 2.24) is 14.8 Å². The summed E-state index contributed by atoms with van der Waals surface area (Å²) in [7, 11) is 0. The Morgan fingerprint density at radius 3 is 2.24 bits per heavy atom. The molecular weight excluding hydrogens is 312 g/mol. The summed E-state index contributed by atoms with van der Waals surface area (Å²) in [5.41, 5.74) is 5.65. The van der Waals surface area contributed by atoms with Crippen molar-refractivity contribution in [2.45, 2.75) is 27.3 Å². The zero-order valence-electron chi connectivity index (χ0n) is 15.2. The van der Waals surface area contributed by atoms with Crippen LogP contribution >= 0.6 is 0 Å². The van der Waals surface area contributed by atoms with Gasteiger partial charge in [-0.3, -0.25) is 9.88 Å². The van der Waals surface area contributed by atoms with Crippen molar-refractivity contribution in [2.75, 3.05) is 31.5 Å². The third kappa shape index (κ3) is 4.37. The average molecular weight is 338 g/mol. The molecule has 1 aliphatic rings. The van der Waals surface area contributed by atoms with Gasteiger partial charge in [0.15, 0.2) is 0 Å². The summed E-state index contributed by atoms with van der Waals surface area (Å²) in [5.74, 6) is 0. The molecule has 1 aromatic heterocycles. The molecule has 0 aliphatic carbocycles. The summed E-state index contributed by atoms with van der Waals surface area (Å²) >= 11 is 0. The minimum absolute atomic E-state index is 0.00128. The average Bonchev–Trinajstić information content (AvgIpc) is 2.59. The standard InChI is InChI=1S/C20H26N4O/c1-15-12-16(2)19(17(3)13-15)22-20(25)24-10-8-23(9-11-24)14-18-4-6-21-7-5-18/h4-7,12-13H,8-11,14H2,1-3H3,(H,22,25). The van der Waals surface area contributed by atoms with Crippen LogP contribution in [0.4, 0.5) is 10.5 Å². The number of pyridine rings is 1. The van der Waals surface area contributed by atoms with E-state index in [1.807, 2.05) is 43.3 Å². The van der Waals surface area contributed by atoms with Gasteiger partial charge in [0.2, 0.25) is 0 Å². The van der Waals surface area contributed by atoms with Crippen molar-refractivity contribution < 1.29 is 4.79 Å². The fourth-order valence-corrected chi connectivity index (χ4v) is 3.42. The fraction of sp³-hybridized carbons (Fsp3) is 0.400. The summed E-state index contributed by atoms with van der Waals surface area (Å²) in [4.78, 5) is 20.9. The molecule has 132 valence electrons. The minimum Gasteiger partial charge on any atom is -0.322 e. The van der Waals surface area contributed by atoms with Gasteiger partial charge in [-0.2, -0.15) is 0 Å². The molecule has 0 atom stereocenters. The lowest BCUT2D eigenvalue weighted by Gasteiger charge is -2.35. The first-order chi connectivity index (χ1) is 12.0. The van der Waals surface area contributed by atoms with Crippen LogP contribution in [0.3, 0.4) is 0 Å². The molecule has 0 unspecified atom stereocenters. The number of hydrogen-bond acceptors (Lipinski definition) is 3. The van der Waals surface area contributed by atoms with Gasteiger partial charge in [-0.1, -0.05) is 17.7 Å². The Kier molecular flexibility index (Phi) is 5.34. The number of carbonyl (C=O) groups excluding carboxylic acids is 1. The zero-order chi connectivity index (χ0) is 17.8. The maximum atomic E-state index is 12.6. The van der Waals surface area contributed by atoms with Gasteiger partial charge < -0.3 is 10.2 Å². The van der Waals surface area contributed by atoms with Crippen LogP contribution in [0.5, 0.6) is 0 Å². The SMILES string of the molecule is Cc1cc(C)c(NC(=O)N2CCN(Cc3ccncc3)CC2)c(C)c1. The number of aryl methyl sites for hydroxylation is 3. The van der Waals surface area contributed by atoms with E-state index in [1.165, 1.54) is 11.1 Å². The van der Waals surface area contributed by atoms with E-state index >= 15 is 0 Å². The summed E-state index contributed by atoms with van der Waals surface area (Å²) < 4.78 is 0. The smallest absolute Gasteiger partial charge is 0.321 e. The lowest BCUT2D eigenvalue weighted by atomic mass is 10.1. The molecule has 0 saturated carbocycles. The van der Waals surface area contributed by atoms with Crippen LogP contribution < -0.4 is 5.32 Å². The molecule has 3 rings (SSSR count). The van der Waals surface area contributed by atoms with E-state index in [4.69, 9.17) is 0 Å². The third-order valence-electron chi connectivity index (χ3n) is 4.72. The highest BCUT2D eigenvalue weighted by Gasteiger charge is 2.22. The normalized spacial score (nSPS) is 15.2. The maximum Gasteiger partial charge on any atom is 0.321 e. The highest BCUT2D eigenvalue weighted by molar-refractivity contribution is 5.91. The van der Waals surface area contributed by atoms with Gasteiger partial charge in [-0.15, -0.1) is 0 Å². The van der Waals surface area contributed by atoms with E-state index < -0.39 is 0 Å². The molecule has 0 bridgehead atoms. The monoisotopic (exact) mass is 338 g/mol. The topological polar surface area (TPSA) is 48.5 Å². The Labute approximate surface area is 149 Å². The molecule has 0 radical (unpaired) electrons. The second-order valence-electron chi connectivity index (χ2n) is 6.82. The van der Waals surface area contributed by atoms with Crippen LogP contribution in [-0.2, 0) is 6.54 Å². The van der Waals surface area contributed by atoms with Crippen molar-refractivity contribution in [3.05, 3.63) is 58.9 Å². The number of rotatable bonds is 3. The van der Waals surface area contributed by atoms with Gasteiger partial charge in [0.1, 0.15) is 0 Å². The van der Waals surface area contributed by atoms with Gasteiger partial charge in [-0.25, -0.2) is 4.79 Å². The van der Waals surface area contributed by atoms with Crippen molar-refractivity contribution in [1.29, 1.82) is 0 Å². The number of amides is 2. The summed E-state index contributed by atoms with van der Waals surface area (Å²) in [6.07, 6.45) is 3.65. The van der Waals surface area contributed by atoms with Gasteiger partial charge in [-0.05, 0) is 49.6 Å². The van der Waals surface area contributed by atoms with Crippen molar-refractivity contribution in [3.63, 3.8) is 0 Å². The van der Waals surface area contributed by atoms with Crippen LogP contribution in [0.1, 0.15) is 22.3 Å². The first-order valence-electron chi connectivity index (χ1n) is 8.78. The molecule has 1 aromatic carbocycles. The molecule has 1 fully saturated rings. The molecule has 0 spiro atoms. The number of aromatic nitrogens is 1. The van der Waals surface area contributed by atoms with Crippen molar-refractivity contribution >= 4 is 11.7 Å². The number of hydrogen-bond donors (Lipinski definition) is 1. The summed E-state index contributed by atoms with van der Waals surface area (Å²) in [6.45, 7) is 10.4. The Bertz CT molecular complexity index is 714. The number of benzene rings is 1. The fourth-order valence-electron chi connectivity index (χ4n) is 3.42. The molecule has 1 aliphatic heterocycles. The Morgan fingerprint density at radius 1 is 1.04 bits per heavy atom. The van der Waals surface area contributed by atoms with Gasteiger partial charge >= 0.3 is 6.03 Å². The minimum atomic E-state index is -0.00128. The number of urea groups is 1. The van der Waals surface area contributed by atoms with Crippen molar-refractivity contribution in [2.24, 2.45) is 0 Å². The van der Waals surface area contributed by atoms with Crippen molar-refractivity contribution in [3.8, 4) is 0 Å². The second kappa shape index (κ2) is 7.66. The molecular formula is C20H26N4O. The first kappa shape index (κ1) is 17.4. The van der Waals surface area contributed by atoms with Crippen LogP contribution in [0, 0.1) is 20.8 Å². The molecule has 2 aromatic rings. The highest BCUT2D eigenvalue weighted by Crippen LogP contribution is 2.22. The van der Waals surface area contributed by atoms with E-state index in [9.17, 15) is 4.79 Å². The molecule has 25 heavy (non-hydrogen) atoms. The first-order valence-corrected chi connectivity index (χ1v) is 8.78. The predicted molar refractivity (Wildman–Crippen MR) is 101 cm³/mol. The Morgan fingerprint density at radius 2 is 1.64 bits per heavy atom. The van der Waals surface area contributed by atoms with Gasteiger partial charge in [0.25, 0.3) is 0 Å². The lowest BCUT2D eigenvalue weighted by Crippen LogP contribution is -2.49. The molecule has 1 N–H and O–H groups in total. The maximum absolute atomic E-state index is 12.6. The van der Waals surface area contributed by atoms with E-state index in [0.29, 0.717) is 0 Å². The van der Waals surface area contributed by atoms with Crippen LogP contribution in [0.2, 0.25) is 0 Å². The summed E-state index contributed by atoms with van der Waals surface area (Å²) in [6, 6.07) is 8.30. The largest absolute Gasteiger partial charge is 0.322 e. The van der Waals surface area contributed by atoms with Crippen LogP contribution in [0.15, 0.2) is 36.7 Å². The van der Waals surface area contributed by atoms with E-state index in [-0.39, 0.29) is 6.03 Å². The van der Waals surface area contributed by atoms with Crippen LogP contribution in [0.25, 0.3) is 0 Å². The quantitative estimate of drug-likeness (QED) is 0.933. The predicted octanol–water partition coefficient (Wildman–Crippen LogP) is 3.36. The molecule has 2 heterocycles. The zero-order valence-corrected chi connectivity index (χ0v) is 15.2. The number of nitrogens with zero attached hydrogens (tertiary/aromatic N) is 3. The second-order valence-corrected chi connectivity index (χ2v) is 6.82.